The molecule has 1 saturated heterocycles. The van der Waals surface area contributed by atoms with Gasteiger partial charge in [-0.2, -0.15) is 10.2 Å². The van der Waals surface area contributed by atoms with E-state index in [1.807, 2.05) is 0 Å². The second kappa shape index (κ2) is 11.1. The first-order chi connectivity index (χ1) is 16.5. The van der Waals surface area contributed by atoms with Gasteiger partial charge in [0.05, 0.1) is 17.2 Å². The van der Waals surface area contributed by atoms with Crippen LogP contribution in [-0.2, 0) is 14.8 Å². The smallest absolute Gasteiger partial charge is 0.240 e. The summed E-state index contributed by atoms with van der Waals surface area (Å²) < 4.78 is 33.3. The van der Waals surface area contributed by atoms with Crippen LogP contribution in [0.5, 0.6) is 0 Å². The second-order valence-corrected chi connectivity index (χ2v) is 10.5. The Balaban J connectivity index is 1.47. The van der Waals surface area contributed by atoms with Crippen LogP contribution < -0.4 is 14.9 Å². The Morgan fingerprint density at radius 3 is 2.56 bits per heavy atom. The Bertz CT molecular complexity index is 1100. The number of rotatable bonds is 9. The van der Waals surface area contributed by atoms with Crippen molar-refractivity contribution in [3.63, 3.8) is 0 Å². The third kappa shape index (κ3) is 5.84. The highest BCUT2D eigenvalue weighted by Gasteiger charge is 2.24. The number of nitrogens with one attached hydrogen (secondary N) is 2. The van der Waals surface area contributed by atoms with Gasteiger partial charge in [-0.1, -0.05) is 19.3 Å². The maximum atomic E-state index is 12.6. The summed E-state index contributed by atoms with van der Waals surface area (Å²) in [5.74, 6) is 1.02. The minimum atomic E-state index is -3.61. The first-order valence-electron chi connectivity index (χ1n) is 12.0. The van der Waals surface area contributed by atoms with Gasteiger partial charge in [0, 0.05) is 31.4 Å². The van der Waals surface area contributed by atoms with Gasteiger partial charge < -0.3 is 15.0 Å². The maximum absolute atomic E-state index is 12.6. The van der Waals surface area contributed by atoms with Crippen LogP contribution in [0.2, 0.25) is 0 Å². The SMILES string of the molecule is CCN(c1nc(Nc2ccc(S(=O)(=O)NCC3CCCO3)cc2)ncc1C#N)C1CCCCC1. The number of nitrogens with zero attached hydrogens (tertiary/aromatic N) is 4. The van der Waals surface area contributed by atoms with Gasteiger partial charge in [0.25, 0.3) is 0 Å². The molecule has 10 heteroatoms. The Morgan fingerprint density at radius 2 is 1.91 bits per heavy atom. The highest BCUT2D eigenvalue weighted by molar-refractivity contribution is 7.89. The summed E-state index contributed by atoms with van der Waals surface area (Å²) in [6, 6.07) is 9.05. The summed E-state index contributed by atoms with van der Waals surface area (Å²) in [5.41, 5.74) is 1.12. The van der Waals surface area contributed by atoms with Crippen molar-refractivity contribution in [1.29, 1.82) is 5.26 Å². The summed E-state index contributed by atoms with van der Waals surface area (Å²) in [5, 5.41) is 12.8. The predicted molar refractivity (Wildman–Crippen MR) is 131 cm³/mol. The number of aromatic nitrogens is 2. The van der Waals surface area contributed by atoms with Crippen LogP contribution in [0, 0.1) is 11.3 Å². The lowest BCUT2D eigenvalue weighted by atomic mass is 9.94. The number of benzene rings is 1. The molecule has 2 fully saturated rings. The third-order valence-electron chi connectivity index (χ3n) is 6.46. The average molecular weight is 485 g/mol. The standard InChI is InChI=1S/C24H32N6O3S/c1-2-30(20-7-4-3-5-8-20)23-18(15-25)16-26-24(29-23)28-19-10-12-22(13-11-19)34(31,32)27-17-21-9-6-14-33-21/h10-13,16,20-21,27H,2-9,14,17H2,1H3,(H,26,28,29). The van der Waals surface area contributed by atoms with E-state index in [1.165, 1.54) is 19.3 Å². The lowest BCUT2D eigenvalue weighted by molar-refractivity contribution is 0.114. The molecule has 2 N–H and O–H groups in total. The molecule has 0 bridgehead atoms. The number of ether oxygens (including phenoxy) is 1. The molecule has 9 nitrogen and oxygen atoms in total. The molecule has 182 valence electrons. The van der Waals surface area contributed by atoms with Crippen LogP contribution in [0.1, 0.15) is 57.4 Å². The monoisotopic (exact) mass is 484 g/mol. The zero-order chi connectivity index (χ0) is 24.0. The molecule has 1 unspecified atom stereocenters. The number of anilines is 3. The summed E-state index contributed by atoms with van der Waals surface area (Å²) in [7, 11) is -3.61. The van der Waals surface area contributed by atoms with Crippen LogP contribution in [0.4, 0.5) is 17.5 Å². The van der Waals surface area contributed by atoms with Crippen molar-refractivity contribution in [3.8, 4) is 6.07 Å². The van der Waals surface area contributed by atoms with Gasteiger partial charge in [-0.25, -0.2) is 18.1 Å². The van der Waals surface area contributed by atoms with Gasteiger partial charge in [-0.05, 0) is 56.9 Å². The van der Waals surface area contributed by atoms with E-state index in [0.29, 0.717) is 35.7 Å². The zero-order valence-corrected chi connectivity index (χ0v) is 20.4. The first kappa shape index (κ1) is 24.4. The minimum Gasteiger partial charge on any atom is -0.377 e. The quantitative estimate of drug-likeness (QED) is 0.553. The molecule has 1 aromatic heterocycles. The van der Waals surface area contributed by atoms with Crippen LogP contribution in [0.15, 0.2) is 35.4 Å². The predicted octanol–water partition coefficient (Wildman–Crippen LogP) is 3.71. The topological polar surface area (TPSA) is 120 Å². The van der Waals surface area contributed by atoms with Gasteiger partial charge in [0.2, 0.25) is 16.0 Å². The Labute approximate surface area is 201 Å². The molecule has 1 saturated carbocycles. The molecule has 2 heterocycles. The van der Waals surface area contributed by atoms with Gasteiger partial charge in [0.1, 0.15) is 11.6 Å². The van der Waals surface area contributed by atoms with Gasteiger partial charge in [-0.15, -0.1) is 0 Å². The second-order valence-electron chi connectivity index (χ2n) is 8.76. The largest absolute Gasteiger partial charge is 0.377 e. The van der Waals surface area contributed by atoms with Crippen molar-refractivity contribution in [2.45, 2.75) is 68.9 Å². The third-order valence-corrected chi connectivity index (χ3v) is 7.90. The molecule has 2 aliphatic rings. The number of sulfonamides is 1. The lowest BCUT2D eigenvalue weighted by Gasteiger charge is -2.34. The van der Waals surface area contributed by atoms with E-state index in [-0.39, 0.29) is 17.5 Å². The maximum Gasteiger partial charge on any atom is 0.240 e. The average Bonchev–Trinajstić information content (AvgIpc) is 3.39. The van der Waals surface area contributed by atoms with E-state index in [9.17, 15) is 13.7 Å². The van der Waals surface area contributed by atoms with E-state index in [2.05, 4.69) is 37.9 Å². The summed E-state index contributed by atoms with van der Waals surface area (Å²) in [6.45, 7) is 3.81. The molecule has 1 aliphatic carbocycles. The normalized spacial score (nSPS) is 19.0. The summed E-state index contributed by atoms with van der Waals surface area (Å²) in [6.07, 6.45) is 9.15. The molecule has 34 heavy (non-hydrogen) atoms. The Kier molecular flexibility index (Phi) is 7.98. The Hall–Kier alpha value is -2.74. The van der Waals surface area contributed by atoms with Crippen molar-refractivity contribution in [3.05, 3.63) is 36.0 Å². The van der Waals surface area contributed by atoms with Gasteiger partial charge in [-0.3, -0.25) is 0 Å². The molecular formula is C24H32N6O3S. The van der Waals surface area contributed by atoms with E-state index in [0.717, 1.165) is 32.2 Å². The fraction of sp³-hybridized carbons (Fsp3) is 0.542. The van der Waals surface area contributed by atoms with Crippen LogP contribution in [0.3, 0.4) is 0 Å². The van der Waals surface area contributed by atoms with Crippen molar-refractivity contribution in [2.24, 2.45) is 0 Å². The molecule has 1 aliphatic heterocycles. The highest BCUT2D eigenvalue weighted by atomic mass is 32.2. The highest BCUT2D eigenvalue weighted by Crippen LogP contribution is 2.29. The van der Waals surface area contributed by atoms with Crippen molar-refractivity contribution in [1.82, 2.24) is 14.7 Å². The molecule has 0 radical (unpaired) electrons. The Morgan fingerprint density at radius 1 is 1.15 bits per heavy atom. The minimum absolute atomic E-state index is 0.0604. The fourth-order valence-corrected chi connectivity index (χ4v) is 5.71. The lowest BCUT2D eigenvalue weighted by Crippen LogP contribution is -2.38. The van der Waals surface area contributed by atoms with Crippen LogP contribution in [-0.4, -0.2) is 50.2 Å². The summed E-state index contributed by atoms with van der Waals surface area (Å²) in [4.78, 5) is 11.4. The molecule has 4 rings (SSSR count). The number of nitriles is 1. The van der Waals surface area contributed by atoms with Gasteiger partial charge >= 0.3 is 0 Å². The van der Waals surface area contributed by atoms with E-state index < -0.39 is 10.0 Å². The first-order valence-corrected chi connectivity index (χ1v) is 13.5. The van der Waals surface area contributed by atoms with Crippen LogP contribution >= 0.6 is 0 Å². The van der Waals surface area contributed by atoms with Crippen molar-refractivity contribution in [2.75, 3.05) is 29.9 Å². The molecule has 1 atom stereocenters. The van der Waals surface area contributed by atoms with E-state index in [1.54, 1.807) is 30.5 Å². The fourth-order valence-electron chi connectivity index (χ4n) is 4.64. The molecule has 2 aromatic rings. The molecule has 1 aromatic carbocycles. The van der Waals surface area contributed by atoms with E-state index in [4.69, 9.17) is 4.74 Å². The van der Waals surface area contributed by atoms with Crippen LogP contribution in [0.25, 0.3) is 0 Å². The van der Waals surface area contributed by atoms with E-state index >= 15 is 0 Å². The molecular weight excluding hydrogens is 452 g/mol. The summed E-state index contributed by atoms with van der Waals surface area (Å²) >= 11 is 0. The number of hydrogen-bond donors (Lipinski definition) is 2. The zero-order valence-electron chi connectivity index (χ0n) is 19.5. The van der Waals surface area contributed by atoms with Crippen molar-refractivity contribution < 1.29 is 13.2 Å². The van der Waals surface area contributed by atoms with Crippen molar-refractivity contribution >= 4 is 27.5 Å². The molecule has 0 spiro atoms. The van der Waals surface area contributed by atoms with Gasteiger partial charge in [0.15, 0.2) is 5.82 Å². The molecule has 0 amide bonds. The number of hydrogen-bond acceptors (Lipinski definition) is 8.